The van der Waals surface area contributed by atoms with Gasteiger partial charge in [0.2, 0.25) is 5.91 Å². The average molecular weight is 338 g/mol. The molecule has 1 saturated heterocycles. The molecule has 23 heavy (non-hydrogen) atoms. The zero-order chi connectivity index (χ0) is 16.5. The molecule has 1 aliphatic heterocycles. The largest absolute Gasteiger partial charge is 0.340 e. The van der Waals surface area contributed by atoms with Gasteiger partial charge in [-0.15, -0.1) is 0 Å². The van der Waals surface area contributed by atoms with Gasteiger partial charge < -0.3 is 10.6 Å². The van der Waals surface area contributed by atoms with Gasteiger partial charge in [0, 0.05) is 44.2 Å². The van der Waals surface area contributed by atoms with E-state index >= 15 is 0 Å². The van der Waals surface area contributed by atoms with Crippen molar-refractivity contribution in [2.75, 3.05) is 32.7 Å². The van der Waals surface area contributed by atoms with E-state index < -0.39 is 0 Å². The first kappa shape index (κ1) is 18.2. The maximum absolute atomic E-state index is 12.2. The molecule has 128 valence electrons. The van der Waals surface area contributed by atoms with Gasteiger partial charge in [-0.2, -0.15) is 0 Å². The quantitative estimate of drug-likeness (QED) is 0.742. The van der Waals surface area contributed by atoms with E-state index in [0.29, 0.717) is 12.3 Å². The summed E-state index contributed by atoms with van der Waals surface area (Å²) in [5.41, 5.74) is 6.71. The van der Waals surface area contributed by atoms with E-state index in [-0.39, 0.29) is 0 Å². The molecule has 0 aliphatic carbocycles. The van der Waals surface area contributed by atoms with Gasteiger partial charge in [0.05, 0.1) is 0 Å². The number of unbranched alkanes of at least 4 members (excludes halogenated alkanes) is 3. The summed E-state index contributed by atoms with van der Waals surface area (Å²) < 4.78 is 0. The lowest BCUT2D eigenvalue weighted by molar-refractivity contribution is -0.133. The van der Waals surface area contributed by atoms with Crippen LogP contribution < -0.4 is 5.73 Å². The third kappa shape index (κ3) is 6.50. The second kappa shape index (κ2) is 9.91. The number of rotatable bonds is 8. The number of piperazine rings is 1. The van der Waals surface area contributed by atoms with Gasteiger partial charge in [0.1, 0.15) is 0 Å². The third-order valence-electron chi connectivity index (χ3n) is 4.36. The maximum atomic E-state index is 12.2. The van der Waals surface area contributed by atoms with E-state index in [1.807, 2.05) is 23.1 Å². The van der Waals surface area contributed by atoms with Gasteiger partial charge in [0.15, 0.2) is 0 Å². The first-order valence-corrected chi connectivity index (χ1v) is 9.01. The van der Waals surface area contributed by atoms with Crippen LogP contribution in [0.15, 0.2) is 24.3 Å². The number of nitrogens with zero attached hydrogens (tertiary/aromatic N) is 2. The fourth-order valence-corrected chi connectivity index (χ4v) is 3.19. The topological polar surface area (TPSA) is 49.6 Å². The average Bonchev–Trinajstić information content (AvgIpc) is 2.55. The van der Waals surface area contributed by atoms with Gasteiger partial charge >= 0.3 is 0 Å². The second-order valence-electron chi connectivity index (χ2n) is 6.24. The maximum Gasteiger partial charge on any atom is 0.222 e. The van der Waals surface area contributed by atoms with Gasteiger partial charge in [-0.05, 0) is 37.1 Å². The second-order valence-corrected chi connectivity index (χ2v) is 6.68. The SMILES string of the molecule is NCCCCCCC(=O)N1CCN(Cc2cccc(Cl)c2)CC1. The number of benzene rings is 1. The van der Waals surface area contributed by atoms with Crippen LogP contribution in [0.3, 0.4) is 0 Å². The first-order valence-electron chi connectivity index (χ1n) is 8.63. The molecule has 0 bridgehead atoms. The van der Waals surface area contributed by atoms with Crippen molar-refractivity contribution < 1.29 is 4.79 Å². The van der Waals surface area contributed by atoms with Gasteiger partial charge in [0.25, 0.3) is 0 Å². The number of amides is 1. The summed E-state index contributed by atoms with van der Waals surface area (Å²) in [4.78, 5) is 16.6. The van der Waals surface area contributed by atoms with Crippen molar-refractivity contribution in [1.29, 1.82) is 0 Å². The summed E-state index contributed by atoms with van der Waals surface area (Å²) in [7, 11) is 0. The van der Waals surface area contributed by atoms with E-state index in [9.17, 15) is 4.79 Å². The lowest BCUT2D eigenvalue weighted by Crippen LogP contribution is -2.48. The minimum atomic E-state index is 0.306. The lowest BCUT2D eigenvalue weighted by atomic mass is 10.1. The van der Waals surface area contributed by atoms with Crippen LogP contribution in [0.4, 0.5) is 0 Å². The Labute approximate surface area is 144 Å². The zero-order valence-corrected chi connectivity index (χ0v) is 14.6. The molecule has 0 aromatic heterocycles. The Kier molecular flexibility index (Phi) is 7.86. The highest BCUT2D eigenvalue weighted by Gasteiger charge is 2.20. The molecule has 1 aliphatic rings. The van der Waals surface area contributed by atoms with Crippen molar-refractivity contribution in [2.45, 2.75) is 38.6 Å². The number of carbonyl (C=O) groups excluding carboxylic acids is 1. The van der Waals surface area contributed by atoms with E-state index in [0.717, 1.165) is 70.0 Å². The van der Waals surface area contributed by atoms with Crippen LogP contribution >= 0.6 is 11.6 Å². The molecule has 1 amide bonds. The summed E-state index contributed by atoms with van der Waals surface area (Å²) >= 11 is 6.03. The molecule has 1 aromatic rings. The van der Waals surface area contributed by atoms with Crippen LogP contribution in [-0.2, 0) is 11.3 Å². The Balaban J connectivity index is 1.66. The summed E-state index contributed by atoms with van der Waals surface area (Å²) in [6.45, 7) is 5.20. The van der Waals surface area contributed by atoms with Crippen LogP contribution in [0.1, 0.15) is 37.7 Å². The molecule has 4 nitrogen and oxygen atoms in total. The Morgan fingerprint density at radius 1 is 1.09 bits per heavy atom. The summed E-state index contributed by atoms with van der Waals surface area (Å²) in [5, 5.41) is 0.783. The lowest BCUT2D eigenvalue weighted by Gasteiger charge is -2.34. The molecular weight excluding hydrogens is 310 g/mol. The molecule has 0 unspecified atom stereocenters. The highest BCUT2D eigenvalue weighted by molar-refractivity contribution is 6.30. The van der Waals surface area contributed by atoms with Crippen LogP contribution in [0, 0.1) is 0 Å². The Bertz CT molecular complexity index is 487. The van der Waals surface area contributed by atoms with E-state index in [4.69, 9.17) is 17.3 Å². The fourth-order valence-electron chi connectivity index (χ4n) is 2.98. The monoisotopic (exact) mass is 337 g/mol. The molecule has 0 atom stereocenters. The van der Waals surface area contributed by atoms with Crippen LogP contribution in [0.5, 0.6) is 0 Å². The van der Waals surface area contributed by atoms with Gasteiger partial charge in [-0.3, -0.25) is 9.69 Å². The van der Waals surface area contributed by atoms with Gasteiger partial charge in [-0.25, -0.2) is 0 Å². The number of nitrogens with two attached hydrogens (primary N) is 1. The Morgan fingerprint density at radius 3 is 2.52 bits per heavy atom. The predicted octanol–water partition coefficient (Wildman–Crippen LogP) is 2.89. The van der Waals surface area contributed by atoms with Gasteiger partial charge in [-0.1, -0.05) is 36.6 Å². The minimum Gasteiger partial charge on any atom is -0.340 e. The predicted molar refractivity (Wildman–Crippen MR) is 95.4 cm³/mol. The first-order chi connectivity index (χ1) is 11.2. The molecule has 0 spiro atoms. The normalized spacial score (nSPS) is 15.8. The highest BCUT2D eigenvalue weighted by atomic mass is 35.5. The van der Waals surface area contributed by atoms with Crippen molar-refractivity contribution in [3.8, 4) is 0 Å². The van der Waals surface area contributed by atoms with Crippen molar-refractivity contribution in [1.82, 2.24) is 9.80 Å². The highest BCUT2D eigenvalue weighted by Crippen LogP contribution is 2.14. The van der Waals surface area contributed by atoms with Crippen molar-refractivity contribution in [2.24, 2.45) is 5.73 Å². The fraction of sp³-hybridized carbons (Fsp3) is 0.611. The van der Waals surface area contributed by atoms with Crippen molar-refractivity contribution in [3.63, 3.8) is 0 Å². The summed E-state index contributed by atoms with van der Waals surface area (Å²) in [6, 6.07) is 8.00. The van der Waals surface area contributed by atoms with E-state index in [2.05, 4.69) is 11.0 Å². The molecule has 1 fully saturated rings. The van der Waals surface area contributed by atoms with Crippen LogP contribution in [0.25, 0.3) is 0 Å². The third-order valence-corrected chi connectivity index (χ3v) is 4.60. The molecule has 1 aromatic carbocycles. The zero-order valence-electron chi connectivity index (χ0n) is 13.8. The Morgan fingerprint density at radius 2 is 1.83 bits per heavy atom. The molecule has 2 N–H and O–H groups in total. The summed E-state index contributed by atoms with van der Waals surface area (Å²) in [6.07, 6.45) is 4.98. The number of hydrogen-bond acceptors (Lipinski definition) is 3. The molecule has 0 radical (unpaired) electrons. The van der Waals surface area contributed by atoms with E-state index in [1.54, 1.807) is 0 Å². The standard InChI is InChI=1S/C18H28ClN3O/c19-17-7-5-6-16(14-17)15-21-10-12-22(13-11-21)18(23)8-3-1-2-4-9-20/h5-7,14H,1-4,8-13,15,20H2. The number of hydrogen-bond donors (Lipinski definition) is 1. The molecule has 5 heteroatoms. The molecule has 2 rings (SSSR count). The van der Waals surface area contributed by atoms with Crippen LogP contribution in [0.2, 0.25) is 5.02 Å². The van der Waals surface area contributed by atoms with Crippen molar-refractivity contribution >= 4 is 17.5 Å². The van der Waals surface area contributed by atoms with Crippen molar-refractivity contribution in [3.05, 3.63) is 34.9 Å². The molecule has 1 heterocycles. The minimum absolute atomic E-state index is 0.306. The number of halogens is 1. The summed E-state index contributed by atoms with van der Waals surface area (Å²) in [5.74, 6) is 0.306. The number of carbonyl (C=O) groups is 1. The molecule has 0 saturated carbocycles. The smallest absolute Gasteiger partial charge is 0.222 e. The molecular formula is C18H28ClN3O. The van der Waals surface area contributed by atoms with Crippen LogP contribution in [-0.4, -0.2) is 48.4 Å². The Hall–Kier alpha value is -1.10. The van der Waals surface area contributed by atoms with E-state index in [1.165, 1.54) is 5.56 Å².